The van der Waals surface area contributed by atoms with Crippen molar-refractivity contribution in [2.75, 3.05) is 19.8 Å². The summed E-state index contributed by atoms with van der Waals surface area (Å²) in [4.78, 5) is 23.8. The molecule has 2 aliphatic rings. The summed E-state index contributed by atoms with van der Waals surface area (Å²) in [5.41, 5.74) is -0.395. The van der Waals surface area contributed by atoms with Crippen LogP contribution in [0.1, 0.15) is 30.7 Å². The lowest BCUT2D eigenvalue weighted by Gasteiger charge is -2.33. The van der Waals surface area contributed by atoms with Crippen LogP contribution in [-0.4, -0.2) is 36.7 Å². The maximum absolute atomic E-state index is 13.3. The zero-order valence-corrected chi connectivity index (χ0v) is 13.1. The van der Waals surface area contributed by atoms with Crippen LogP contribution in [0.25, 0.3) is 0 Å². The fourth-order valence-corrected chi connectivity index (χ4v) is 3.21. The maximum Gasteiger partial charge on any atom is 0.311 e. The lowest BCUT2D eigenvalue weighted by molar-refractivity contribution is -0.154. The van der Waals surface area contributed by atoms with Crippen LogP contribution < -0.4 is 5.32 Å². The number of carbonyl (C=O) groups excluding carboxylic acids is 1. The van der Waals surface area contributed by atoms with Gasteiger partial charge >= 0.3 is 5.97 Å². The zero-order chi connectivity index (χ0) is 17.3. The summed E-state index contributed by atoms with van der Waals surface area (Å²) < 4.78 is 31.4. The van der Waals surface area contributed by atoms with Gasteiger partial charge in [0.05, 0.1) is 5.41 Å². The first kappa shape index (κ1) is 16.8. The third kappa shape index (κ3) is 3.26. The Hall–Kier alpha value is -2.02. The highest BCUT2D eigenvalue weighted by atomic mass is 19.2. The minimum absolute atomic E-state index is 0.0610. The van der Waals surface area contributed by atoms with Crippen LogP contribution in [0, 0.1) is 23.0 Å². The van der Waals surface area contributed by atoms with Crippen LogP contribution in [0.2, 0.25) is 0 Å². The molecule has 130 valence electrons. The van der Waals surface area contributed by atoms with E-state index < -0.39 is 23.0 Å². The highest BCUT2D eigenvalue weighted by Gasteiger charge is 2.46. The number of hydrogen-bond donors (Lipinski definition) is 2. The molecule has 3 rings (SSSR count). The second kappa shape index (κ2) is 6.47. The Bertz CT molecular complexity index is 658. The number of amides is 1. The molecule has 2 N–H and O–H groups in total. The number of benzene rings is 1. The summed E-state index contributed by atoms with van der Waals surface area (Å²) in [6.07, 6.45) is 1.28. The van der Waals surface area contributed by atoms with E-state index in [9.17, 15) is 23.5 Å². The highest BCUT2D eigenvalue weighted by molar-refractivity contribution is 5.84. The quantitative estimate of drug-likeness (QED) is 0.861. The molecule has 0 bridgehead atoms. The summed E-state index contributed by atoms with van der Waals surface area (Å²) in [5, 5.41) is 12.2. The van der Waals surface area contributed by atoms with E-state index in [1.807, 2.05) is 0 Å². The molecule has 1 aromatic carbocycles. The van der Waals surface area contributed by atoms with Crippen molar-refractivity contribution in [2.24, 2.45) is 11.3 Å². The van der Waals surface area contributed by atoms with Crippen molar-refractivity contribution in [3.8, 4) is 0 Å². The molecule has 1 aliphatic carbocycles. The van der Waals surface area contributed by atoms with E-state index >= 15 is 0 Å². The molecule has 0 radical (unpaired) electrons. The molecule has 1 saturated carbocycles. The minimum atomic E-state index is -0.986. The van der Waals surface area contributed by atoms with Gasteiger partial charge in [-0.25, -0.2) is 8.78 Å². The van der Waals surface area contributed by atoms with Crippen LogP contribution in [0.4, 0.5) is 8.78 Å². The van der Waals surface area contributed by atoms with Crippen molar-refractivity contribution in [3.05, 3.63) is 35.4 Å². The van der Waals surface area contributed by atoms with Crippen molar-refractivity contribution in [2.45, 2.75) is 25.2 Å². The zero-order valence-electron chi connectivity index (χ0n) is 13.1. The fraction of sp³-hybridized carbons (Fsp3) is 0.529. The predicted octanol–water partition coefficient (Wildman–Crippen LogP) is 2.07. The first-order valence-electron chi connectivity index (χ1n) is 7.97. The van der Waals surface area contributed by atoms with Gasteiger partial charge in [0.15, 0.2) is 11.6 Å². The van der Waals surface area contributed by atoms with Crippen LogP contribution in [0.15, 0.2) is 18.2 Å². The molecule has 1 heterocycles. The van der Waals surface area contributed by atoms with E-state index in [0.717, 1.165) is 12.1 Å². The van der Waals surface area contributed by atoms with Gasteiger partial charge in [0.1, 0.15) is 0 Å². The van der Waals surface area contributed by atoms with E-state index in [-0.39, 0.29) is 24.3 Å². The largest absolute Gasteiger partial charge is 0.481 e. The number of carbonyl (C=O) groups is 2. The monoisotopic (exact) mass is 339 g/mol. The van der Waals surface area contributed by atoms with Gasteiger partial charge in [-0.15, -0.1) is 0 Å². The molecule has 2 atom stereocenters. The molecule has 7 heteroatoms. The molecule has 1 saturated heterocycles. The molecule has 1 aliphatic heterocycles. The molecule has 24 heavy (non-hydrogen) atoms. The van der Waals surface area contributed by atoms with Gasteiger partial charge < -0.3 is 15.2 Å². The van der Waals surface area contributed by atoms with Crippen LogP contribution >= 0.6 is 0 Å². The number of rotatable bonds is 5. The molecule has 0 aromatic heterocycles. The standard InChI is InChI=1S/C17H19F2NO4/c18-13-2-1-10(7-14(13)19)11-8-12(11)15(21)20-9-17(16(22)23)3-5-24-6-4-17/h1-2,7,11-12H,3-6,8-9H2,(H,20,21)(H,22,23). The number of aliphatic carboxylic acids is 1. The van der Waals surface area contributed by atoms with Crippen LogP contribution in [-0.2, 0) is 14.3 Å². The van der Waals surface area contributed by atoms with E-state index in [1.165, 1.54) is 6.07 Å². The van der Waals surface area contributed by atoms with Crippen molar-refractivity contribution < 1.29 is 28.2 Å². The second-order valence-electron chi connectivity index (χ2n) is 6.54. The predicted molar refractivity (Wildman–Crippen MR) is 80.3 cm³/mol. The summed E-state index contributed by atoms with van der Waals surface area (Å²) in [6, 6.07) is 3.65. The number of halogens is 2. The molecule has 0 spiro atoms. The smallest absolute Gasteiger partial charge is 0.311 e. The summed E-state index contributed by atoms with van der Waals surface area (Å²) in [6.45, 7) is 0.789. The Labute approximate surface area is 138 Å². The van der Waals surface area contributed by atoms with E-state index in [2.05, 4.69) is 5.32 Å². The minimum Gasteiger partial charge on any atom is -0.481 e. The number of nitrogens with one attached hydrogen (secondary N) is 1. The third-order valence-electron chi connectivity index (χ3n) is 5.00. The van der Waals surface area contributed by atoms with Gasteiger partial charge in [-0.05, 0) is 42.9 Å². The summed E-state index contributed by atoms with van der Waals surface area (Å²) >= 11 is 0. The normalized spacial score (nSPS) is 25.1. The SMILES string of the molecule is O=C(NCC1(C(=O)O)CCOCC1)C1CC1c1ccc(F)c(F)c1. The van der Waals surface area contributed by atoms with Crippen molar-refractivity contribution in [1.82, 2.24) is 5.32 Å². The van der Waals surface area contributed by atoms with E-state index in [1.54, 1.807) is 0 Å². The second-order valence-corrected chi connectivity index (χ2v) is 6.54. The number of carboxylic acid groups (broad SMARTS) is 1. The lowest BCUT2D eigenvalue weighted by Crippen LogP contribution is -2.46. The van der Waals surface area contributed by atoms with Gasteiger partial charge in [0.2, 0.25) is 5.91 Å². The molecule has 1 amide bonds. The first-order valence-corrected chi connectivity index (χ1v) is 7.97. The molecular formula is C17H19F2NO4. The van der Waals surface area contributed by atoms with Gasteiger partial charge in [0, 0.05) is 25.7 Å². The van der Waals surface area contributed by atoms with E-state index in [4.69, 9.17) is 4.74 Å². The molecule has 5 nitrogen and oxygen atoms in total. The van der Waals surface area contributed by atoms with Gasteiger partial charge in [-0.2, -0.15) is 0 Å². The number of ether oxygens (including phenoxy) is 1. The number of carboxylic acids is 1. The van der Waals surface area contributed by atoms with Gasteiger partial charge in [-0.1, -0.05) is 6.07 Å². The van der Waals surface area contributed by atoms with Crippen molar-refractivity contribution in [3.63, 3.8) is 0 Å². The van der Waals surface area contributed by atoms with Gasteiger partial charge in [0.25, 0.3) is 0 Å². The summed E-state index contributed by atoms with van der Waals surface area (Å²) in [7, 11) is 0. The Balaban J connectivity index is 1.58. The lowest BCUT2D eigenvalue weighted by atomic mass is 9.80. The molecule has 2 unspecified atom stereocenters. The maximum atomic E-state index is 13.3. The first-order chi connectivity index (χ1) is 11.4. The number of hydrogen-bond acceptors (Lipinski definition) is 3. The van der Waals surface area contributed by atoms with Crippen LogP contribution in [0.5, 0.6) is 0 Å². The average Bonchev–Trinajstić information content (AvgIpc) is 3.36. The highest BCUT2D eigenvalue weighted by Crippen LogP contribution is 2.47. The topological polar surface area (TPSA) is 75.6 Å². The fourth-order valence-electron chi connectivity index (χ4n) is 3.21. The van der Waals surface area contributed by atoms with Gasteiger partial charge in [-0.3, -0.25) is 9.59 Å². The Morgan fingerprint density at radius 3 is 2.58 bits per heavy atom. The Morgan fingerprint density at radius 2 is 1.96 bits per heavy atom. The Morgan fingerprint density at radius 1 is 1.25 bits per heavy atom. The summed E-state index contributed by atoms with van der Waals surface area (Å²) in [5.74, 6) is -3.47. The average molecular weight is 339 g/mol. The Kier molecular flexibility index (Phi) is 4.54. The molecular weight excluding hydrogens is 320 g/mol. The van der Waals surface area contributed by atoms with Crippen molar-refractivity contribution >= 4 is 11.9 Å². The van der Waals surface area contributed by atoms with Crippen molar-refractivity contribution in [1.29, 1.82) is 0 Å². The molecule has 2 fully saturated rings. The van der Waals surface area contributed by atoms with Crippen LogP contribution in [0.3, 0.4) is 0 Å². The third-order valence-corrected chi connectivity index (χ3v) is 5.00. The van der Waals surface area contributed by atoms with E-state index in [0.29, 0.717) is 38.0 Å². The molecule has 1 aromatic rings.